The normalized spacial score (nSPS) is 10.1. The number of carbonyl (C=O) groups is 1. The molecule has 0 radical (unpaired) electrons. The van der Waals surface area contributed by atoms with E-state index in [4.69, 9.17) is 16.3 Å². The first kappa shape index (κ1) is 12.3. The summed E-state index contributed by atoms with van der Waals surface area (Å²) in [5, 5.41) is 14.9. The standard InChI is InChI=1S/C12H9ClN2O3/c1-8(16)9-3-2-4-10(7-9)18-12-6-5-11(13)14-15(12)17/h2-7H,1H3. The maximum Gasteiger partial charge on any atom is 0.411 e. The molecular formula is C12H9ClN2O3. The van der Waals surface area contributed by atoms with Crippen LogP contribution in [0.5, 0.6) is 11.6 Å². The highest BCUT2D eigenvalue weighted by atomic mass is 35.5. The molecule has 2 rings (SSSR count). The second kappa shape index (κ2) is 5.01. The molecule has 5 nitrogen and oxygen atoms in total. The number of halogens is 1. The SMILES string of the molecule is CC(=O)c1cccc(Oc2ccc(Cl)n[n+]2[O-])c1. The molecular weight excluding hydrogens is 256 g/mol. The van der Waals surface area contributed by atoms with E-state index in [-0.39, 0.29) is 21.7 Å². The van der Waals surface area contributed by atoms with Gasteiger partial charge in [0.1, 0.15) is 5.75 Å². The maximum atomic E-state index is 11.4. The fourth-order valence-electron chi connectivity index (χ4n) is 1.35. The number of ketones is 1. The van der Waals surface area contributed by atoms with Crippen molar-refractivity contribution in [3.63, 3.8) is 0 Å². The van der Waals surface area contributed by atoms with Crippen LogP contribution in [0.1, 0.15) is 17.3 Å². The van der Waals surface area contributed by atoms with Crippen molar-refractivity contribution in [1.29, 1.82) is 0 Å². The Labute approximate surface area is 108 Å². The molecule has 6 heteroatoms. The van der Waals surface area contributed by atoms with Crippen molar-refractivity contribution >= 4 is 17.4 Å². The number of rotatable bonds is 3. The molecule has 2 aromatic rings. The number of hydrogen-bond donors (Lipinski definition) is 0. The zero-order valence-electron chi connectivity index (χ0n) is 9.46. The fourth-order valence-corrected chi connectivity index (χ4v) is 1.48. The Hall–Kier alpha value is -2.14. The number of carbonyl (C=O) groups excluding carboxylic acids is 1. The number of ether oxygens (including phenoxy) is 1. The molecule has 1 heterocycles. The van der Waals surface area contributed by atoms with Gasteiger partial charge in [-0.1, -0.05) is 23.7 Å². The molecule has 0 bridgehead atoms. The minimum absolute atomic E-state index is 0.0138. The average Bonchev–Trinajstić information content (AvgIpc) is 2.33. The lowest BCUT2D eigenvalue weighted by Gasteiger charge is -2.05. The van der Waals surface area contributed by atoms with Crippen molar-refractivity contribution in [2.45, 2.75) is 6.92 Å². The summed E-state index contributed by atoms with van der Waals surface area (Å²) in [5.41, 5.74) is 0.506. The fraction of sp³-hybridized carbons (Fsp3) is 0.0833. The number of Topliss-reactive ketones (excluding diaryl/α,β-unsaturated/α-hetero) is 1. The first-order valence-corrected chi connectivity index (χ1v) is 5.49. The van der Waals surface area contributed by atoms with Crippen LogP contribution >= 0.6 is 11.6 Å². The third-order valence-corrected chi connectivity index (χ3v) is 2.40. The molecule has 0 saturated heterocycles. The highest BCUT2D eigenvalue weighted by Crippen LogP contribution is 2.19. The Bertz CT molecular complexity index is 602. The lowest BCUT2D eigenvalue weighted by atomic mass is 10.1. The number of nitrogens with zero attached hydrogens (tertiary/aromatic N) is 2. The number of benzene rings is 1. The zero-order valence-corrected chi connectivity index (χ0v) is 10.2. The molecule has 0 amide bonds. The summed E-state index contributed by atoms with van der Waals surface area (Å²) in [4.78, 5) is 11.5. The lowest BCUT2D eigenvalue weighted by molar-refractivity contribution is -0.673. The Kier molecular flexibility index (Phi) is 3.43. The second-order valence-corrected chi connectivity index (χ2v) is 3.94. The Morgan fingerprint density at radius 1 is 1.39 bits per heavy atom. The Balaban J connectivity index is 2.28. The van der Waals surface area contributed by atoms with Crippen molar-refractivity contribution in [2.24, 2.45) is 0 Å². The van der Waals surface area contributed by atoms with Gasteiger partial charge in [0.2, 0.25) is 0 Å². The summed E-state index contributed by atoms with van der Waals surface area (Å²) >= 11 is 5.55. The van der Waals surface area contributed by atoms with E-state index in [9.17, 15) is 10.0 Å². The van der Waals surface area contributed by atoms with Crippen molar-refractivity contribution in [2.75, 3.05) is 0 Å². The third-order valence-electron chi connectivity index (χ3n) is 2.20. The Morgan fingerprint density at radius 2 is 2.17 bits per heavy atom. The van der Waals surface area contributed by atoms with Crippen molar-refractivity contribution < 1.29 is 14.4 Å². The molecule has 1 aromatic carbocycles. The predicted octanol–water partition coefficient (Wildman–Crippen LogP) is 2.36. The van der Waals surface area contributed by atoms with Gasteiger partial charge < -0.3 is 9.94 Å². The van der Waals surface area contributed by atoms with Crippen LogP contribution in [0, 0.1) is 5.21 Å². The van der Waals surface area contributed by atoms with Crippen LogP contribution < -0.4 is 9.58 Å². The van der Waals surface area contributed by atoms with E-state index in [0.29, 0.717) is 11.3 Å². The summed E-state index contributed by atoms with van der Waals surface area (Å²) in [6, 6.07) is 9.38. The van der Waals surface area contributed by atoms with Crippen molar-refractivity contribution in [3.05, 3.63) is 52.3 Å². The van der Waals surface area contributed by atoms with Gasteiger partial charge in [0, 0.05) is 10.7 Å². The quantitative estimate of drug-likeness (QED) is 0.485. The van der Waals surface area contributed by atoms with Crippen molar-refractivity contribution in [1.82, 2.24) is 5.10 Å². The molecule has 92 valence electrons. The van der Waals surface area contributed by atoms with Gasteiger partial charge in [-0.25, -0.2) is 0 Å². The van der Waals surface area contributed by atoms with Crippen LogP contribution in [-0.4, -0.2) is 10.9 Å². The zero-order chi connectivity index (χ0) is 13.1. The van der Waals surface area contributed by atoms with Gasteiger partial charge in [-0.05, 0) is 30.0 Å². The molecule has 0 fully saturated rings. The van der Waals surface area contributed by atoms with E-state index in [2.05, 4.69) is 5.10 Å². The second-order valence-electron chi connectivity index (χ2n) is 3.55. The summed E-state index contributed by atoms with van der Waals surface area (Å²) in [7, 11) is 0. The lowest BCUT2D eigenvalue weighted by Crippen LogP contribution is -2.32. The number of aromatic nitrogens is 2. The molecule has 0 atom stereocenters. The van der Waals surface area contributed by atoms with Crippen LogP contribution in [-0.2, 0) is 0 Å². The van der Waals surface area contributed by atoms with Gasteiger partial charge in [0.05, 0.1) is 6.07 Å². The van der Waals surface area contributed by atoms with Gasteiger partial charge in [-0.3, -0.25) is 4.79 Å². The van der Waals surface area contributed by atoms with E-state index >= 15 is 0 Å². The van der Waals surface area contributed by atoms with Crippen LogP contribution in [0.2, 0.25) is 5.15 Å². The van der Waals surface area contributed by atoms with Gasteiger partial charge in [0.25, 0.3) is 0 Å². The van der Waals surface area contributed by atoms with Crippen LogP contribution in [0.15, 0.2) is 36.4 Å². The molecule has 18 heavy (non-hydrogen) atoms. The maximum absolute atomic E-state index is 11.4. The molecule has 0 unspecified atom stereocenters. The molecule has 1 aromatic heterocycles. The summed E-state index contributed by atoms with van der Waals surface area (Å²) in [6.07, 6.45) is 0. The van der Waals surface area contributed by atoms with Gasteiger partial charge >= 0.3 is 5.88 Å². The van der Waals surface area contributed by atoms with Gasteiger partial charge in [0.15, 0.2) is 10.9 Å². The molecule has 0 aliphatic carbocycles. The summed E-state index contributed by atoms with van der Waals surface area (Å²) < 4.78 is 5.33. The smallest absolute Gasteiger partial charge is 0.411 e. The molecule has 0 aliphatic heterocycles. The van der Waals surface area contributed by atoms with E-state index in [1.807, 2.05) is 0 Å². The minimum atomic E-state index is -0.0790. The summed E-state index contributed by atoms with van der Waals surface area (Å²) in [6.45, 7) is 1.46. The van der Waals surface area contributed by atoms with E-state index in [1.54, 1.807) is 24.3 Å². The monoisotopic (exact) mass is 264 g/mol. The summed E-state index contributed by atoms with van der Waals surface area (Å²) in [5.74, 6) is 0.293. The third kappa shape index (κ3) is 2.75. The van der Waals surface area contributed by atoms with Crippen molar-refractivity contribution in [3.8, 4) is 11.6 Å². The minimum Gasteiger partial charge on any atom is -0.591 e. The largest absolute Gasteiger partial charge is 0.591 e. The predicted molar refractivity (Wildman–Crippen MR) is 64.7 cm³/mol. The Morgan fingerprint density at radius 3 is 2.83 bits per heavy atom. The average molecular weight is 265 g/mol. The highest BCUT2D eigenvalue weighted by Gasteiger charge is 2.11. The first-order valence-electron chi connectivity index (χ1n) is 5.11. The molecule has 0 aliphatic rings. The van der Waals surface area contributed by atoms with E-state index in [0.717, 1.165) is 0 Å². The first-order chi connectivity index (χ1) is 8.56. The molecule has 0 N–H and O–H groups in total. The molecule has 0 spiro atoms. The van der Waals surface area contributed by atoms with Gasteiger partial charge in [-0.15, -0.1) is 0 Å². The van der Waals surface area contributed by atoms with Crippen LogP contribution in [0.4, 0.5) is 0 Å². The van der Waals surface area contributed by atoms with Gasteiger partial charge in [-0.2, -0.15) is 0 Å². The topological polar surface area (TPSA) is 66.1 Å². The molecule has 0 saturated carbocycles. The van der Waals surface area contributed by atoms with E-state index < -0.39 is 0 Å². The highest BCUT2D eigenvalue weighted by molar-refractivity contribution is 6.29. The van der Waals surface area contributed by atoms with Crippen LogP contribution in [0.3, 0.4) is 0 Å². The number of hydrogen-bond acceptors (Lipinski definition) is 4. The van der Waals surface area contributed by atoms with E-state index in [1.165, 1.54) is 19.1 Å². The van der Waals surface area contributed by atoms with Crippen LogP contribution in [0.25, 0.3) is 0 Å².